The summed E-state index contributed by atoms with van der Waals surface area (Å²) in [5, 5.41) is 0. The van der Waals surface area contributed by atoms with Gasteiger partial charge in [0.15, 0.2) is 22.9 Å². The molecule has 0 spiro atoms. The van der Waals surface area contributed by atoms with Crippen LogP contribution in [0.15, 0.2) is 176 Å². The maximum atomic E-state index is 6.41. The molecule has 0 fully saturated rings. The number of allylic oxidation sites excluding steroid dienone is 4. The van der Waals surface area contributed by atoms with E-state index < -0.39 is 0 Å². The highest BCUT2D eigenvalue weighted by atomic mass is 16.5. The van der Waals surface area contributed by atoms with Crippen molar-refractivity contribution in [1.82, 2.24) is 14.5 Å². The predicted octanol–water partition coefficient (Wildman–Crippen LogP) is 11.2. The fraction of sp³-hybridized carbons (Fsp3) is 0.0233. The smallest absolute Gasteiger partial charge is 0.164 e. The molecule has 5 aromatic carbocycles. The summed E-state index contributed by atoms with van der Waals surface area (Å²) in [4.78, 5) is 14.5. The van der Waals surface area contributed by atoms with E-state index in [9.17, 15) is 0 Å². The van der Waals surface area contributed by atoms with Crippen molar-refractivity contribution in [2.75, 3.05) is 9.80 Å². The Morgan fingerprint density at radius 2 is 1.22 bits per heavy atom. The van der Waals surface area contributed by atoms with Crippen molar-refractivity contribution < 1.29 is 9.47 Å². The number of hydrogen-bond donors (Lipinski definition) is 0. The first-order valence-electron chi connectivity index (χ1n) is 16.5. The Balaban J connectivity index is 1.36. The van der Waals surface area contributed by atoms with Gasteiger partial charge in [0.05, 0.1) is 22.8 Å². The standard InChI is InChI=1S/C43H31N5O2/c1-3-4-18-35-29(2)49-39-22-11-8-19-36(39)46(35)32-26-30(42-45-34-17-14-25-44-43(34)48(42)31-15-6-5-7-16-31)27-33(28-32)47-37-20-9-12-23-40(37)50-41-24-13-10-21-38(41)47/h3-28H,1H2,2H3/b18-4-. The minimum Gasteiger partial charge on any atom is -0.458 e. The molecule has 7 nitrogen and oxygen atoms in total. The third-order valence-electron chi connectivity index (χ3n) is 8.90. The van der Waals surface area contributed by atoms with E-state index in [0.717, 1.165) is 85.4 Å². The lowest BCUT2D eigenvalue weighted by Crippen LogP contribution is -2.23. The number of anilines is 5. The second-order valence-corrected chi connectivity index (χ2v) is 12.0. The summed E-state index contributed by atoms with van der Waals surface area (Å²) < 4.78 is 14.9. The molecule has 2 aliphatic heterocycles. The van der Waals surface area contributed by atoms with Crippen LogP contribution < -0.4 is 19.3 Å². The maximum Gasteiger partial charge on any atom is 0.164 e. The van der Waals surface area contributed by atoms with Gasteiger partial charge in [-0.25, -0.2) is 9.97 Å². The first kappa shape index (κ1) is 29.3. The van der Waals surface area contributed by atoms with E-state index in [2.05, 4.69) is 69.5 Å². The van der Waals surface area contributed by atoms with E-state index in [1.165, 1.54) is 0 Å². The molecule has 0 saturated carbocycles. The molecule has 0 aliphatic carbocycles. The van der Waals surface area contributed by atoms with E-state index in [1.54, 1.807) is 6.08 Å². The average molecular weight is 650 g/mol. The molecule has 0 saturated heterocycles. The Bertz CT molecular complexity index is 2450. The summed E-state index contributed by atoms with van der Waals surface area (Å²) in [6.45, 7) is 5.93. The number of rotatable bonds is 6. The summed E-state index contributed by atoms with van der Waals surface area (Å²) in [7, 11) is 0. The normalized spacial score (nSPS) is 13.5. The van der Waals surface area contributed by atoms with Crippen LogP contribution in [-0.2, 0) is 0 Å². The minimum absolute atomic E-state index is 0.772. The molecule has 0 amide bonds. The number of ether oxygens (including phenoxy) is 2. The zero-order chi connectivity index (χ0) is 33.6. The monoisotopic (exact) mass is 649 g/mol. The van der Waals surface area contributed by atoms with Crippen LogP contribution in [0.3, 0.4) is 0 Å². The van der Waals surface area contributed by atoms with Crippen LogP contribution >= 0.6 is 0 Å². The van der Waals surface area contributed by atoms with Gasteiger partial charge < -0.3 is 19.3 Å². The molecule has 0 radical (unpaired) electrons. The lowest BCUT2D eigenvalue weighted by molar-refractivity contribution is 0.414. The molecule has 2 aliphatic rings. The Kier molecular flexibility index (Phi) is 7.02. The zero-order valence-corrected chi connectivity index (χ0v) is 27.3. The van der Waals surface area contributed by atoms with Crippen LogP contribution in [0.5, 0.6) is 17.2 Å². The second-order valence-electron chi connectivity index (χ2n) is 12.0. The van der Waals surface area contributed by atoms with Crippen molar-refractivity contribution in [3.8, 4) is 34.3 Å². The van der Waals surface area contributed by atoms with Gasteiger partial charge >= 0.3 is 0 Å². The highest BCUT2D eigenvalue weighted by Crippen LogP contribution is 2.52. The molecule has 0 bridgehead atoms. The van der Waals surface area contributed by atoms with E-state index in [4.69, 9.17) is 19.4 Å². The number of pyridine rings is 1. The van der Waals surface area contributed by atoms with Crippen molar-refractivity contribution in [2.45, 2.75) is 6.92 Å². The van der Waals surface area contributed by atoms with Gasteiger partial charge in [0.2, 0.25) is 0 Å². The van der Waals surface area contributed by atoms with Gasteiger partial charge in [0.1, 0.15) is 17.1 Å². The van der Waals surface area contributed by atoms with Crippen LogP contribution in [0.1, 0.15) is 6.92 Å². The molecule has 2 aromatic heterocycles. The Labute approximate surface area is 289 Å². The SMILES string of the molecule is C=C/C=C\C1=C(C)Oc2ccccc2N1c1cc(-c2nc3cccnc3n2-c2ccccc2)cc(N2c3ccccc3Oc3ccccc32)c1. The van der Waals surface area contributed by atoms with Gasteiger partial charge in [0.25, 0.3) is 0 Å². The van der Waals surface area contributed by atoms with Crippen LogP contribution in [0.4, 0.5) is 28.4 Å². The van der Waals surface area contributed by atoms with Gasteiger partial charge in [0, 0.05) is 28.8 Å². The lowest BCUT2D eigenvalue weighted by atomic mass is 10.1. The Morgan fingerprint density at radius 1 is 0.620 bits per heavy atom. The summed E-state index contributed by atoms with van der Waals surface area (Å²) in [5.41, 5.74) is 9.04. The maximum absolute atomic E-state index is 6.41. The number of benzene rings is 5. The van der Waals surface area contributed by atoms with Crippen LogP contribution in [0.25, 0.3) is 28.2 Å². The number of imidazole rings is 1. The van der Waals surface area contributed by atoms with Gasteiger partial charge in [-0.1, -0.05) is 73.3 Å². The molecule has 0 N–H and O–H groups in total. The Hall–Kier alpha value is -6.86. The van der Waals surface area contributed by atoms with Gasteiger partial charge in [-0.2, -0.15) is 0 Å². The molecule has 0 unspecified atom stereocenters. The van der Waals surface area contributed by atoms with Crippen molar-refractivity contribution in [1.29, 1.82) is 0 Å². The highest BCUT2D eigenvalue weighted by Gasteiger charge is 2.30. The molecule has 240 valence electrons. The number of para-hydroxylation sites is 7. The Morgan fingerprint density at radius 3 is 1.90 bits per heavy atom. The van der Waals surface area contributed by atoms with E-state index in [-0.39, 0.29) is 0 Å². The molecular weight excluding hydrogens is 619 g/mol. The van der Waals surface area contributed by atoms with Crippen LogP contribution in [-0.4, -0.2) is 14.5 Å². The van der Waals surface area contributed by atoms with Crippen molar-refractivity contribution in [3.05, 3.63) is 176 Å². The second kappa shape index (κ2) is 12.0. The van der Waals surface area contributed by atoms with E-state index in [1.807, 2.05) is 110 Å². The van der Waals surface area contributed by atoms with Crippen molar-refractivity contribution in [2.24, 2.45) is 0 Å². The zero-order valence-electron chi connectivity index (χ0n) is 27.3. The van der Waals surface area contributed by atoms with E-state index >= 15 is 0 Å². The fourth-order valence-electron chi connectivity index (χ4n) is 6.75. The molecule has 4 heterocycles. The van der Waals surface area contributed by atoms with Crippen molar-refractivity contribution in [3.63, 3.8) is 0 Å². The first-order chi connectivity index (χ1) is 24.7. The van der Waals surface area contributed by atoms with Crippen LogP contribution in [0.2, 0.25) is 0 Å². The largest absolute Gasteiger partial charge is 0.458 e. The molecule has 9 rings (SSSR count). The molecule has 0 atom stereocenters. The first-order valence-corrected chi connectivity index (χ1v) is 16.5. The van der Waals surface area contributed by atoms with Crippen LogP contribution in [0, 0.1) is 0 Å². The highest BCUT2D eigenvalue weighted by molar-refractivity contribution is 5.91. The van der Waals surface area contributed by atoms with Crippen molar-refractivity contribution >= 4 is 39.6 Å². The summed E-state index contributed by atoms with van der Waals surface area (Å²) in [6.07, 6.45) is 7.56. The fourth-order valence-corrected chi connectivity index (χ4v) is 6.75. The molecule has 7 heteroatoms. The third kappa shape index (κ3) is 4.83. The quantitative estimate of drug-likeness (QED) is 0.167. The summed E-state index contributed by atoms with van der Waals surface area (Å²) >= 11 is 0. The van der Waals surface area contributed by atoms with Gasteiger partial charge in [-0.3, -0.25) is 4.57 Å². The lowest BCUT2D eigenvalue weighted by Gasteiger charge is -2.36. The number of aromatic nitrogens is 3. The van der Waals surface area contributed by atoms with Gasteiger partial charge in [-0.15, -0.1) is 0 Å². The van der Waals surface area contributed by atoms with Gasteiger partial charge in [-0.05, 0) is 91.9 Å². The number of nitrogens with zero attached hydrogens (tertiary/aromatic N) is 5. The third-order valence-corrected chi connectivity index (χ3v) is 8.90. The number of hydrogen-bond acceptors (Lipinski definition) is 6. The van der Waals surface area contributed by atoms with E-state index in [0.29, 0.717) is 0 Å². The number of fused-ring (bicyclic) bond motifs is 4. The average Bonchev–Trinajstić information content (AvgIpc) is 3.56. The molecule has 7 aromatic rings. The predicted molar refractivity (Wildman–Crippen MR) is 200 cm³/mol. The minimum atomic E-state index is 0.772. The molecular formula is C43H31N5O2. The molecule has 50 heavy (non-hydrogen) atoms. The summed E-state index contributed by atoms with van der Waals surface area (Å²) in [5.74, 6) is 3.88. The topological polar surface area (TPSA) is 55.7 Å². The summed E-state index contributed by atoms with van der Waals surface area (Å²) in [6, 6.07) is 45.2.